The van der Waals surface area contributed by atoms with Crippen LogP contribution in [0.5, 0.6) is 0 Å². The molecule has 4 atom stereocenters. The molecule has 1 saturated heterocycles. The second-order valence-corrected chi connectivity index (χ2v) is 10.6. The van der Waals surface area contributed by atoms with Gasteiger partial charge >= 0.3 is 6.18 Å². The normalized spacial score (nSPS) is 26.0. The number of rotatable bonds is 6. The van der Waals surface area contributed by atoms with E-state index in [-0.39, 0.29) is 60.2 Å². The Hall–Kier alpha value is -1.65. The van der Waals surface area contributed by atoms with E-state index in [4.69, 9.17) is 5.73 Å². The third-order valence-electron chi connectivity index (χ3n) is 6.25. The van der Waals surface area contributed by atoms with Gasteiger partial charge < -0.3 is 11.1 Å². The first-order valence-electron chi connectivity index (χ1n) is 10.1. The van der Waals surface area contributed by atoms with Crippen molar-refractivity contribution in [2.45, 2.75) is 56.3 Å². The van der Waals surface area contributed by atoms with Crippen LogP contribution >= 0.6 is 0 Å². The van der Waals surface area contributed by atoms with E-state index in [9.17, 15) is 26.4 Å². The Morgan fingerprint density at radius 2 is 1.97 bits per heavy atom. The molecular weight excluding hydrogens is 419 g/mol. The monoisotopic (exact) mass is 447 g/mol. The molecule has 3 rings (SSSR count). The van der Waals surface area contributed by atoms with Crippen LogP contribution in [-0.2, 0) is 21.0 Å². The van der Waals surface area contributed by atoms with E-state index >= 15 is 0 Å². The maximum Gasteiger partial charge on any atom is 0.416 e. The number of carbonyl (C=O) groups excluding carboxylic acids is 1. The van der Waals surface area contributed by atoms with Gasteiger partial charge in [0, 0.05) is 31.6 Å². The van der Waals surface area contributed by atoms with E-state index in [0.717, 1.165) is 25.0 Å². The largest absolute Gasteiger partial charge is 0.416 e. The van der Waals surface area contributed by atoms with Crippen molar-refractivity contribution in [2.24, 2.45) is 23.5 Å². The number of benzene rings is 1. The number of nitrogens with two attached hydrogens (primary N) is 1. The Labute approximate surface area is 175 Å². The molecule has 0 unspecified atom stereocenters. The van der Waals surface area contributed by atoms with E-state index < -0.39 is 21.8 Å². The Bertz CT molecular complexity index is 889. The Balaban J connectivity index is 1.69. The minimum Gasteiger partial charge on any atom is -0.353 e. The summed E-state index contributed by atoms with van der Waals surface area (Å²) in [6, 6.07) is 3.42. The number of sulfonamides is 1. The molecule has 1 amide bonds. The first-order valence-corrected chi connectivity index (χ1v) is 11.6. The summed E-state index contributed by atoms with van der Waals surface area (Å²) < 4.78 is 66.1. The number of amides is 1. The fourth-order valence-corrected chi connectivity index (χ4v) is 5.88. The summed E-state index contributed by atoms with van der Waals surface area (Å²) in [6.45, 7) is 4.32. The second-order valence-electron chi connectivity index (χ2n) is 8.63. The lowest BCUT2D eigenvalue weighted by molar-refractivity contribution is -0.137. The highest BCUT2D eigenvalue weighted by Gasteiger charge is 2.47. The summed E-state index contributed by atoms with van der Waals surface area (Å²) in [6.07, 6.45) is -2.88. The van der Waals surface area contributed by atoms with E-state index in [0.29, 0.717) is 6.07 Å². The molecule has 10 heteroatoms. The number of alkyl halides is 3. The van der Waals surface area contributed by atoms with Crippen LogP contribution in [0.2, 0.25) is 0 Å². The number of nitrogens with one attached hydrogen (secondary N) is 1. The van der Waals surface area contributed by atoms with Crippen LogP contribution in [0.25, 0.3) is 0 Å². The van der Waals surface area contributed by atoms with Crippen LogP contribution in [-0.4, -0.2) is 43.8 Å². The Morgan fingerprint density at radius 3 is 2.60 bits per heavy atom. The van der Waals surface area contributed by atoms with E-state index in [2.05, 4.69) is 5.32 Å². The molecule has 30 heavy (non-hydrogen) atoms. The summed E-state index contributed by atoms with van der Waals surface area (Å²) in [4.78, 5) is 11.9. The number of fused-ring (bicyclic) bond motifs is 1. The van der Waals surface area contributed by atoms with Gasteiger partial charge in [0.15, 0.2) is 0 Å². The number of hydrogen-bond donors (Lipinski definition) is 2. The number of hydrogen-bond acceptors (Lipinski definition) is 4. The van der Waals surface area contributed by atoms with Crippen molar-refractivity contribution in [2.75, 3.05) is 13.1 Å². The zero-order chi connectivity index (χ0) is 22.3. The van der Waals surface area contributed by atoms with Crippen molar-refractivity contribution in [3.63, 3.8) is 0 Å². The van der Waals surface area contributed by atoms with Crippen molar-refractivity contribution < 1.29 is 26.4 Å². The molecule has 1 aromatic rings. The van der Waals surface area contributed by atoms with Gasteiger partial charge in [-0.2, -0.15) is 17.5 Å². The van der Waals surface area contributed by atoms with Crippen LogP contribution in [0, 0.1) is 17.8 Å². The lowest BCUT2D eigenvalue weighted by Gasteiger charge is -2.23. The second kappa shape index (κ2) is 8.47. The SMILES string of the molecule is CC(C)[C@H](N)CC(=O)N[C@H]1CC[C@@H]2CN(S(=O)(=O)c3cccc(C(F)(F)F)c3)C[C@@H]21. The lowest BCUT2D eigenvalue weighted by Crippen LogP contribution is -2.43. The van der Waals surface area contributed by atoms with Gasteiger partial charge in [-0.05, 0) is 48.8 Å². The molecular formula is C20H28F3N3O3S. The predicted octanol–water partition coefficient (Wildman–Crippen LogP) is 2.59. The van der Waals surface area contributed by atoms with Gasteiger partial charge in [-0.15, -0.1) is 0 Å². The molecule has 1 aliphatic carbocycles. The summed E-state index contributed by atoms with van der Waals surface area (Å²) in [5.41, 5.74) is 4.97. The van der Waals surface area contributed by atoms with Crippen LogP contribution in [0.4, 0.5) is 13.2 Å². The minimum atomic E-state index is -4.61. The molecule has 0 spiro atoms. The molecule has 0 bridgehead atoms. The summed E-state index contributed by atoms with van der Waals surface area (Å²) in [5.74, 6) is 0.0483. The maximum absolute atomic E-state index is 13.0. The number of nitrogens with zero attached hydrogens (tertiary/aromatic N) is 1. The van der Waals surface area contributed by atoms with Gasteiger partial charge in [-0.25, -0.2) is 8.42 Å². The summed E-state index contributed by atoms with van der Waals surface area (Å²) in [7, 11) is -4.05. The minimum absolute atomic E-state index is 0.0511. The predicted molar refractivity (Wildman–Crippen MR) is 106 cm³/mol. The Morgan fingerprint density at radius 1 is 1.27 bits per heavy atom. The van der Waals surface area contributed by atoms with Gasteiger partial charge in [-0.1, -0.05) is 19.9 Å². The van der Waals surface area contributed by atoms with Gasteiger partial charge in [0.1, 0.15) is 0 Å². The highest BCUT2D eigenvalue weighted by molar-refractivity contribution is 7.89. The highest BCUT2D eigenvalue weighted by atomic mass is 32.2. The average molecular weight is 448 g/mol. The molecule has 3 N–H and O–H groups in total. The van der Waals surface area contributed by atoms with E-state index in [1.54, 1.807) is 0 Å². The molecule has 0 aromatic heterocycles. The maximum atomic E-state index is 13.0. The molecule has 0 radical (unpaired) electrons. The fraction of sp³-hybridized carbons (Fsp3) is 0.650. The van der Waals surface area contributed by atoms with Crippen molar-refractivity contribution in [1.82, 2.24) is 9.62 Å². The molecule has 1 aliphatic heterocycles. The molecule has 1 aromatic carbocycles. The number of halogens is 3. The topological polar surface area (TPSA) is 92.5 Å². The first kappa shape index (κ1) is 23.0. The van der Waals surface area contributed by atoms with Gasteiger partial charge in [0.05, 0.1) is 10.5 Å². The Kier molecular flexibility index (Phi) is 6.50. The standard InChI is InChI=1S/C20H28F3N3O3S/c1-12(2)17(24)9-19(27)25-18-7-6-13-10-26(11-16(13)18)30(28,29)15-5-3-4-14(8-15)20(21,22)23/h3-5,8,12-13,16-18H,6-7,9-11,24H2,1-2H3,(H,25,27)/t13-,16+,17-,18+/m1/s1. The van der Waals surface area contributed by atoms with Crippen LogP contribution < -0.4 is 11.1 Å². The van der Waals surface area contributed by atoms with Gasteiger partial charge in [0.2, 0.25) is 15.9 Å². The van der Waals surface area contributed by atoms with Crippen molar-refractivity contribution in [3.05, 3.63) is 29.8 Å². The van der Waals surface area contributed by atoms with Gasteiger partial charge in [0.25, 0.3) is 0 Å². The van der Waals surface area contributed by atoms with Gasteiger partial charge in [-0.3, -0.25) is 4.79 Å². The molecule has 2 fully saturated rings. The smallest absolute Gasteiger partial charge is 0.353 e. The van der Waals surface area contributed by atoms with E-state index in [1.165, 1.54) is 10.4 Å². The molecule has 1 saturated carbocycles. The molecule has 1 heterocycles. The molecule has 6 nitrogen and oxygen atoms in total. The number of carbonyl (C=O) groups is 1. The fourth-order valence-electron chi connectivity index (χ4n) is 4.30. The van der Waals surface area contributed by atoms with Crippen LogP contribution in [0.15, 0.2) is 29.2 Å². The lowest BCUT2D eigenvalue weighted by atomic mass is 9.97. The molecule has 168 valence electrons. The third kappa shape index (κ3) is 4.81. The highest BCUT2D eigenvalue weighted by Crippen LogP contribution is 2.40. The average Bonchev–Trinajstić information content (AvgIpc) is 3.23. The van der Waals surface area contributed by atoms with Crippen molar-refractivity contribution in [1.29, 1.82) is 0 Å². The first-order chi connectivity index (χ1) is 13.9. The quantitative estimate of drug-likeness (QED) is 0.701. The zero-order valence-electron chi connectivity index (χ0n) is 17.0. The van der Waals surface area contributed by atoms with Crippen LogP contribution in [0.1, 0.15) is 38.7 Å². The molecule has 2 aliphatic rings. The van der Waals surface area contributed by atoms with Crippen molar-refractivity contribution in [3.8, 4) is 0 Å². The summed E-state index contributed by atoms with van der Waals surface area (Å²) >= 11 is 0. The van der Waals surface area contributed by atoms with E-state index in [1.807, 2.05) is 13.8 Å². The van der Waals surface area contributed by atoms with Crippen LogP contribution in [0.3, 0.4) is 0 Å². The van der Waals surface area contributed by atoms with Crippen molar-refractivity contribution >= 4 is 15.9 Å². The zero-order valence-corrected chi connectivity index (χ0v) is 17.8. The third-order valence-corrected chi connectivity index (χ3v) is 8.07. The summed E-state index contributed by atoms with van der Waals surface area (Å²) in [5, 5.41) is 2.99.